The fraction of sp³-hybridized carbons (Fsp3) is 0.325. The number of aliphatic hydroxyl groups is 1. The summed E-state index contributed by atoms with van der Waals surface area (Å²) < 4.78 is 23.5. The molecule has 0 unspecified atom stereocenters. The highest BCUT2D eigenvalue weighted by Gasteiger charge is 2.67. The van der Waals surface area contributed by atoms with Crippen LogP contribution in [0.15, 0.2) is 103 Å². The van der Waals surface area contributed by atoms with Crippen LogP contribution in [-0.4, -0.2) is 54.9 Å². The quantitative estimate of drug-likeness (QED) is 0.160. The van der Waals surface area contributed by atoms with Crippen molar-refractivity contribution in [3.05, 3.63) is 131 Å². The van der Waals surface area contributed by atoms with Crippen LogP contribution in [-0.2, 0) is 39.4 Å². The van der Waals surface area contributed by atoms with Gasteiger partial charge in [0.25, 0.3) is 11.8 Å². The Bertz CT molecular complexity index is 1920. The first-order valence-electron chi connectivity index (χ1n) is 17.2. The second kappa shape index (κ2) is 13.2. The number of aliphatic hydroxyl groups excluding tert-OH is 1. The van der Waals surface area contributed by atoms with Crippen LogP contribution in [0.3, 0.4) is 0 Å². The Balaban J connectivity index is 1.26. The molecule has 3 aliphatic heterocycles. The summed E-state index contributed by atoms with van der Waals surface area (Å²) in [5, 5.41) is 13.2. The first kappa shape index (κ1) is 33.8. The van der Waals surface area contributed by atoms with Gasteiger partial charge in [-0.05, 0) is 66.5 Å². The molecule has 0 bridgehead atoms. The average Bonchev–Trinajstić information content (AvgIpc) is 3.54. The number of anilines is 2. The van der Waals surface area contributed by atoms with Gasteiger partial charge in [-0.1, -0.05) is 79.7 Å². The van der Waals surface area contributed by atoms with E-state index in [9.17, 15) is 19.5 Å². The van der Waals surface area contributed by atoms with E-state index in [2.05, 4.69) is 5.32 Å². The lowest BCUT2D eigenvalue weighted by Gasteiger charge is -2.37. The lowest BCUT2D eigenvalue weighted by Crippen LogP contribution is -2.48. The average molecular weight is 692 g/mol. The van der Waals surface area contributed by atoms with Crippen molar-refractivity contribution in [2.45, 2.75) is 69.2 Å². The molecule has 0 aromatic heterocycles. The van der Waals surface area contributed by atoms with Crippen LogP contribution in [0.1, 0.15) is 46.0 Å². The maximum absolute atomic E-state index is 16.6. The predicted molar refractivity (Wildman–Crippen MR) is 193 cm³/mol. The molecule has 3 heterocycles. The number of halogens is 1. The molecule has 50 heavy (non-hydrogen) atoms. The smallest absolute Gasteiger partial charge is 0.264 e. The third kappa shape index (κ3) is 5.95. The molecule has 8 nitrogen and oxygen atoms in total. The van der Waals surface area contributed by atoms with Crippen molar-refractivity contribution < 1.29 is 28.3 Å². The second-order valence-corrected chi connectivity index (χ2v) is 18.0. The van der Waals surface area contributed by atoms with Gasteiger partial charge in [0.15, 0.2) is 5.60 Å². The lowest BCUT2D eigenvalue weighted by atomic mass is 9.82. The number of nitrogens with zero attached hydrogens (tertiary/aromatic N) is 2. The maximum Gasteiger partial charge on any atom is 0.264 e. The summed E-state index contributed by atoms with van der Waals surface area (Å²) in [5.41, 5.74) is 2.91. The Morgan fingerprint density at radius 2 is 1.62 bits per heavy atom. The number of fused-ring (bicyclic) bond motifs is 3. The summed E-state index contributed by atoms with van der Waals surface area (Å²) in [4.78, 5) is 45.5. The Hall–Kier alpha value is -4.64. The Labute approximate surface area is 293 Å². The van der Waals surface area contributed by atoms with Gasteiger partial charge in [-0.25, -0.2) is 0 Å². The number of hydrogen-bond donors (Lipinski definition) is 2. The summed E-state index contributed by atoms with van der Waals surface area (Å²) >= 11 is 0. The van der Waals surface area contributed by atoms with E-state index < -0.39 is 37.6 Å². The monoisotopic (exact) mass is 691 g/mol. The Morgan fingerprint density at radius 3 is 2.30 bits per heavy atom. The first-order chi connectivity index (χ1) is 24.0. The van der Waals surface area contributed by atoms with Gasteiger partial charge in [0.2, 0.25) is 14.3 Å². The van der Waals surface area contributed by atoms with Crippen molar-refractivity contribution in [1.29, 1.82) is 0 Å². The molecule has 258 valence electrons. The van der Waals surface area contributed by atoms with Crippen LogP contribution < -0.4 is 10.2 Å². The van der Waals surface area contributed by atoms with Gasteiger partial charge in [-0.2, -0.15) is 0 Å². The summed E-state index contributed by atoms with van der Waals surface area (Å²) in [6.45, 7) is 5.50. The molecule has 1 spiro atoms. The molecule has 3 amide bonds. The van der Waals surface area contributed by atoms with Gasteiger partial charge >= 0.3 is 0 Å². The van der Waals surface area contributed by atoms with Gasteiger partial charge in [0, 0.05) is 34.8 Å². The van der Waals surface area contributed by atoms with E-state index in [4.69, 9.17) is 4.74 Å². The van der Waals surface area contributed by atoms with Crippen LogP contribution in [0, 0.1) is 5.92 Å². The van der Waals surface area contributed by atoms with Crippen LogP contribution in [0.2, 0.25) is 18.6 Å². The topological polar surface area (TPSA) is 99.2 Å². The van der Waals surface area contributed by atoms with Gasteiger partial charge in [-0.15, -0.1) is 0 Å². The Kier molecular flexibility index (Phi) is 8.96. The fourth-order valence-corrected chi connectivity index (χ4v) is 10.9. The zero-order valence-electron chi connectivity index (χ0n) is 28.5. The SMILES string of the molecule is C[C@H]1[C@H]([Si](C)(C)F)[C@@H](CC(=O)N2Cc3ccccc3C[C@H]2CO)O[C@]12C(=O)N(Cc1ccccc1)c1ccc(NC(=O)c3ccccc3)cc12. The number of nitrogens with one attached hydrogen (secondary N) is 1. The molecule has 5 atom stereocenters. The Morgan fingerprint density at radius 1 is 0.960 bits per heavy atom. The van der Waals surface area contributed by atoms with Crippen LogP contribution in [0.25, 0.3) is 0 Å². The number of ether oxygens (including phenoxy) is 1. The van der Waals surface area contributed by atoms with Gasteiger partial charge in [-0.3, -0.25) is 14.4 Å². The van der Waals surface area contributed by atoms with E-state index in [-0.39, 0.29) is 37.3 Å². The van der Waals surface area contributed by atoms with Crippen molar-refractivity contribution in [1.82, 2.24) is 4.90 Å². The molecule has 0 aliphatic carbocycles. The minimum Gasteiger partial charge on any atom is -0.394 e. The van der Waals surface area contributed by atoms with Crippen molar-refractivity contribution in [3.63, 3.8) is 0 Å². The number of hydrogen-bond acceptors (Lipinski definition) is 5. The van der Waals surface area contributed by atoms with Crippen molar-refractivity contribution in [2.24, 2.45) is 5.92 Å². The minimum atomic E-state index is -3.56. The van der Waals surface area contributed by atoms with Gasteiger partial charge in [0.1, 0.15) is 0 Å². The molecular weight excluding hydrogens is 650 g/mol. The predicted octanol–water partition coefficient (Wildman–Crippen LogP) is 6.60. The standard InChI is InChI=1S/C40H42FN3O5Si/c1-26-37(50(2,3)41)35(22-36(46)43-24-30-17-11-10-16-29(30)20-32(43)25-45)49-40(26)33-21-31(42-38(47)28-14-8-5-9-15-28)18-19-34(33)44(39(40)48)23-27-12-6-4-7-13-27/h4-19,21,26,32,35,37,45H,20,22-25H2,1-3H3,(H,42,47)/t26-,32-,35+,37-,40+/m0/s1. The molecule has 0 radical (unpaired) electrons. The summed E-state index contributed by atoms with van der Waals surface area (Å²) in [6, 6.07) is 31.3. The third-order valence-electron chi connectivity index (χ3n) is 10.7. The van der Waals surface area contributed by atoms with E-state index in [0.717, 1.165) is 16.7 Å². The second-order valence-electron chi connectivity index (χ2n) is 14.2. The summed E-state index contributed by atoms with van der Waals surface area (Å²) in [5.74, 6) is -1.47. The highest BCUT2D eigenvalue weighted by molar-refractivity contribution is 6.72. The van der Waals surface area contributed by atoms with E-state index in [1.165, 1.54) is 0 Å². The number of benzene rings is 4. The van der Waals surface area contributed by atoms with Crippen molar-refractivity contribution >= 4 is 37.5 Å². The number of rotatable bonds is 8. The molecule has 10 heteroatoms. The lowest BCUT2D eigenvalue weighted by molar-refractivity contribution is -0.151. The minimum absolute atomic E-state index is 0.124. The van der Waals surface area contributed by atoms with Crippen LogP contribution in [0.5, 0.6) is 0 Å². The normalized spacial score (nSPS) is 24.3. The molecule has 2 N–H and O–H groups in total. The van der Waals surface area contributed by atoms with Crippen LogP contribution in [0.4, 0.5) is 15.5 Å². The maximum atomic E-state index is 16.6. The van der Waals surface area contributed by atoms with E-state index >= 15 is 4.11 Å². The van der Waals surface area contributed by atoms with Gasteiger partial charge < -0.3 is 29.1 Å². The third-order valence-corrected chi connectivity index (χ3v) is 13.2. The number of amides is 3. The molecule has 7 rings (SSSR count). The van der Waals surface area contributed by atoms with Crippen molar-refractivity contribution in [2.75, 3.05) is 16.8 Å². The zero-order valence-corrected chi connectivity index (χ0v) is 29.5. The van der Waals surface area contributed by atoms with E-state index in [0.29, 0.717) is 35.5 Å². The molecule has 1 saturated heterocycles. The van der Waals surface area contributed by atoms with E-state index in [1.54, 1.807) is 59.3 Å². The first-order valence-corrected chi connectivity index (χ1v) is 20.2. The molecule has 4 aromatic rings. The largest absolute Gasteiger partial charge is 0.394 e. The van der Waals surface area contributed by atoms with Gasteiger partial charge in [0.05, 0.1) is 37.4 Å². The molecule has 3 aliphatic rings. The summed E-state index contributed by atoms with van der Waals surface area (Å²) in [6.07, 6.45) is -0.479. The number of carbonyl (C=O) groups is 3. The summed E-state index contributed by atoms with van der Waals surface area (Å²) in [7, 11) is -3.56. The highest BCUT2D eigenvalue weighted by atomic mass is 28.4. The fourth-order valence-electron chi connectivity index (χ4n) is 8.37. The highest BCUT2D eigenvalue weighted by Crippen LogP contribution is 2.60. The molecular formula is C40H42FN3O5Si. The molecule has 0 saturated carbocycles. The zero-order chi connectivity index (χ0) is 35.2. The molecule has 4 aromatic carbocycles. The molecule has 1 fully saturated rings. The van der Waals surface area contributed by atoms with Crippen LogP contribution >= 0.6 is 0 Å². The van der Waals surface area contributed by atoms with Crippen molar-refractivity contribution in [3.8, 4) is 0 Å². The number of carbonyl (C=O) groups excluding carboxylic acids is 3. The van der Waals surface area contributed by atoms with E-state index in [1.807, 2.05) is 73.7 Å².